The third kappa shape index (κ3) is 8.02. The predicted octanol–water partition coefficient (Wildman–Crippen LogP) is 12.1. The lowest BCUT2D eigenvalue weighted by atomic mass is 10.0. The van der Waals surface area contributed by atoms with Crippen molar-refractivity contribution in [3.63, 3.8) is 0 Å². The van der Waals surface area contributed by atoms with E-state index in [1.54, 1.807) is 21.3 Å². The van der Waals surface area contributed by atoms with E-state index >= 15 is 0 Å². The summed E-state index contributed by atoms with van der Waals surface area (Å²) >= 11 is 0. The summed E-state index contributed by atoms with van der Waals surface area (Å²) in [6.07, 6.45) is 13.5. The van der Waals surface area contributed by atoms with Crippen LogP contribution in [-0.2, 0) is 6.54 Å². The highest BCUT2D eigenvalue weighted by atomic mass is 16.5. The minimum Gasteiger partial charge on any atom is -0.497 e. The summed E-state index contributed by atoms with van der Waals surface area (Å²) in [7, 11) is 5.04. The Bertz CT molecular complexity index is 3140. The number of methoxy groups -OCH3 is 3. The molecule has 2 aliphatic heterocycles. The van der Waals surface area contributed by atoms with Crippen LogP contribution in [-0.4, -0.2) is 47.9 Å². The average molecular weight is 841 g/mol. The number of benzene rings is 4. The number of rotatable bonds is 12. The van der Waals surface area contributed by atoms with Crippen molar-refractivity contribution in [3.8, 4) is 67.5 Å². The van der Waals surface area contributed by atoms with Gasteiger partial charge < -0.3 is 28.9 Å². The Labute approximate surface area is 371 Å². The van der Waals surface area contributed by atoms with Crippen molar-refractivity contribution < 1.29 is 23.5 Å². The lowest BCUT2D eigenvalue weighted by Gasteiger charge is -2.09. The number of aromatic nitrogens is 5. The summed E-state index contributed by atoms with van der Waals surface area (Å²) in [6, 6.07) is 47.3. The highest BCUT2D eigenvalue weighted by Crippen LogP contribution is 2.39. The number of nitrogens with one attached hydrogen (secondary N) is 2. The van der Waals surface area contributed by atoms with Gasteiger partial charge in [-0.2, -0.15) is 0 Å². The predicted molar refractivity (Wildman–Crippen MR) is 257 cm³/mol. The van der Waals surface area contributed by atoms with E-state index in [2.05, 4.69) is 124 Å². The second-order valence-electron chi connectivity index (χ2n) is 15.5. The van der Waals surface area contributed by atoms with Gasteiger partial charge in [0.2, 0.25) is 0 Å². The van der Waals surface area contributed by atoms with Crippen molar-refractivity contribution in [1.29, 1.82) is 0 Å². The van der Waals surface area contributed by atoms with Gasteiger partial charge in [0, 0.05) is 62.9 Å². The number of aromatic amines is 2. The first-order valence-electron chi connectivity index (χ1n) is 21.3. The molecule has 9 nitrogen and oxygen atoms in total. The summed E-state index contributed by atoms with van der Waals surface area (Å²) in [5.74, 6) is 3.15. The second kappa shape index (κ2) is 17.7. The third-order valence-electron chi connectivity index (χ3n) is 11.6. The Hall–Kier alpha value is -8.17. The lowest BCUT2D eigenvalue weighted by Crippen LogP contribution is -2.33. The van der Waals surface area contributed by atoms with Crippen LogP contribution in [0.3, 0.4) is 0 Å². The molecule has 0 amide bonds. The van der Waals surface area contributed by atoms with E-state index in [9.17, 15) is 0 Å². The van der Waals surface area contributed by atoms with Gasteiger partial charge >= 0.3 is 0 Å². The van der Waals surface area contributed by atoms with Gasteiger partial charge in [-0.05, 0) is 119 Å². The first kappa shape index (κ1) is 39.9. The van der Waals surface area contributed by atoms with Gasteiger partial charge in [0.15, 0.2) is 18.9 Å². The Balaban J connectivity index is 1.21. The second-order valence-corrected chi connectivity index (χ2v) is 15.5. The van der Waals surface area contributed by atoms with E-state index < -0.39 is 0 Å². The maximum Gasteiger partial charge on any atom is 0.168 e. The summed E-state index contributed by atoms with van der Waals surface area (Å²) in [6.45, 7) is 1.49. The molecule has 9 heteroatoms. The fraction of sp³-hybridized carbons (Fsp3) is 0.109. The molecule has 8 bridgehead atoms. The van der Waals surface area contributed by atoms with E-state index in [4.69, 9.17) is 28.9 Å². The van der Waals surface area contributed by atoms with Gasteiger partial charge in [-0.15, -0.1) is 0 Å². The first-order valence-corrected chi connectivity index (χ1v) is 21.3. The molecule has 4 aromatic heterocycles. The van der Waals surface area contributed by atoms with Gasteiger partial charge in [-0.25, -0.2) is 14.5 Å². The van der Waals surface area contributed by atoms with Gasteiger partial charge in [-0.1, -0.05) is 54.6 Å². The molecule has 0 unspecified atom stereocenters. The van der Waals surface area contributed by atoms with E-state index in [0.717, 1.165) is 125 Å². The van der Waals surface area contributed by atoms with Gasteiger partial charge in [-0.3, -0.25) is 0 Å². The molecule has 2 aliphatic rings. The highest BCUT2D eigenvalue weighted by Gasteiger charge is 2.19. The molecule has 0 saturated heterocycles. The summed E-state index contributed by atoms with van der Waals surface area (Å²) < 4.78 is 25.1. The van der Waals surface area contributed by atoms with Crippen molar-refractivity contribution in [3.05, 3.63) is 175 Å². The first-order chi connectivity index (χ1) is 31.5. The highest BCUT2D eigenvalue weighted by molar-refractivity contribution is 6.00. The van der Waals surface area contributed by atoms with Crippen LogP contribution >= 0.6 is 0 Å². The number of pyridine rings is 1. The van der Waals surface area contributed by atoms with Gasteiger partial charge in [0.05, 0.1) is 50.7 Å². The quantitative estimate of drug-likeness (QED) is 0.0939. The number of nitrogens with zero attached hydrogens (tertiary/aromatic N) is 3. The zero-order valence-corrected chi connectivity index (χ0v) is 35.8. The molecule has 64 heavy (non-hydrogen) atoms. The Kier molecular flexibility index (Phi) is 11.0. The van der Waals surface area contributed by atoms with Crippen molar-refractivity contribution in [2.45, 2.75) is 13.0 Å². The molecule has 0 saturated carbocycles. The van der Waals surface area contributed by atoms with Crippen molar-refractivity contribution >= 4 is 46.4 Å². The number of hydrogen-bond donors (Lipinski definition) is 2. The number of fused-ring (bicyclic) bond motifs is 8. The standard InChI is InChI=1S/C55H46N5O4/c1-61-40-16-8-36(9-17-40)52-44-24-26-46(56-44)53(37-10-18-41(62-2)19-11-37)48-28-30-50(58-48)55(39-14-22-43(23-15-39)64-35-7-34-60-32-5-4-6-33-60)51-31-29-49(59-51)54(47-27-25-45(52)57-47)38-12-20-42(63-3)21-13-38/h4-6,8-33,56,59H,7,34-35H2,1-3H3/q+1. The van der Waals surface area contributed by atoms with Crippen LogP contribution in [0.25, 0.3) is 90.9 Å². The molecule has 0 radical (unpaired) electrons. The molecule has 10 rings (SSSR count). The van der Waals surface area contributed by atoms with E-state index in [-0.39, 0.29) is 0 Å². The molecule has 2 N–H and O–H groups in total. The van der Waals surface area contributed by atoms with Crippen LogP contribution in [0.2, 0.25) is 0 Å². The molecular weight excluding hydrogens is 795 g/mol. The van der Waals surface area contributed by atoms with E-state index in [0.29, 0.717) is 6.61 Å². The number of hydrogen-bond acceptors (Lipinski definition) is 6. The van der Waals surface area contributed by atoms with E-state index in [1.165, 1.54) is 0 Å². The molecule has 4 aromatic carbocycles. The van der Waals surface area contributed by atoms with Crippen molar-refractivity contribution in [2.24, 2.45) is 0 Å². The molecule has 6 heterocycles. The van der Waals surface area contributed by atoms with Crippen LogP contribution in [0.1, 0.15) is 29.2 Å². The molecule has 0 spiro atoms. The Morgan fingerprint density at radius 3 is 1.06 bits per heavy atom. The largest absolute Gasteiger partial charge is 0.497 e. The zero-order valence-electron chi connectivity index (χ0n) is 35.8. The smallest absolute Gasteiger partial charge is 0.168 e. The third-order valence-corrected chi connectivity index (χ3v) is 11.6. The van der Waals surface area contributed by atoms with Crippen LogP contribution in [0.15, 0.2) is 152 Å². The summed E-state index contributed by atoms with van der Waals surface area (Å²) in [4.78, 5) is 18.5. The van der Waals surface area contributed by atoms with Crippen LogP contribution in [0.5, 0.6) is 23.0 Å². The van der Waals surface area contributed by atoms with Crippen LogP contribution in [0.4, 0.5) is 0 Å². The fourth-order valence-corrected chi connectivity index (χ4v) is 8.43. The summed E-state index contributed by atoms with van der Waals surface area (Å²) in [5.41, 5.74) is 14.8. The van der Waals surface area contributed by atoms with Crippen molar-refractivity contribution in [1.82, 2.24) is 19.9 Å². The fourth-order valence-electron chi connectivity index (χ4n) is 8.43. The molecule has 8 aromatic rings. The zero-order chi connectivity index (χ0) is 43.4. The number of ether oxygens (including phenoxy) is 4. The van der Waals surface area contributed by atoms with Crippen LogP contribution < -0.4 is 23.5 Å². The Morgan fingerprint density at radius 1 is 0.406 bits per heavy atom. The van der Waals surface area contributed by atoms with Gasteiger partial charge in [0.1, 0.15) is 23.0 Å². The number of aryl methyl sites for hydroxylation is 1. The number of H-pyrrole nitrogens is 2. The molecular formula is C55H46N5O4+. The lowest BCUT2D eigenvalue weighted by molar-refractivity contribution is -0.697. The van der Waals surface area contributed by atoms with Crippen molar-refractivity contribution in [2.75, 3.05) is 27.9 Å². The van der Waals surface area contributed by atoms with Gasteiger partial charge in [0.25, 0.3) is 0 Å². The maximum absolute atomic E-state index is 6.23. The minimum atomic E-state index is 0.608. The average Bonchev–Trinajstić information content (AvgIpc) is 4.20. The normalized spacial score (nSPS) is 11.7. The summed E-state index contributed by atoms with van der Waals surface area (Å²) in [5, 5.41) is 0. The molecule has 0 fully saturated rings. The maximum atomic E-state index is 6.23. The molecule has 314 valence electrons. The SMILES string of the molecule is COc1ccc(-c2c3nc(c(-c4ccc(OC)cc4)c4ccc([nH]4)c(-c4ccc(OCCC[n+]5ccccc5)cc4)c4nc(c(-c5ccc(OC)cc5)c5ccc2[nH]5)C=C4)C=C3)cc1. The monoisotopic (exact) mass is 840 g/mol. The minimum absolute atomic E-state index is 0.608. The van der Waals surface area contributed by atoms with Crippen LogP contribution in [0, 0.1) is 0 Å². The topological polar surface area (TPSA) is 98.2 Å². The Morgan fingerprint density at radius 2 is 0.734 bits per heavy atom. The molecule has 0 atom stereocenters. The molecule has 0 aliphatic carbocycles. The van der Waals surface area contributed by atoms with E-state index in [1.807, 2.05) is 66.7 Å².